The van der Waals surface area contributed by atoms with Crippen molar-refractivity contribution in [1.82, 2.24) is 10.6 Å². The number of nitrogens with one attached hydrogen (secondary N) is 2. The fourth-order valence-electron chi connectivity index (χ4n) is 2.26. The van der Waals surface area contributed by atoms with Crippen LogP contribution in [0, 0.1) is 0 Å². The summed E-state index contributed by atoms with van der Waals surface area (Å²) in [5.74, 6) is -0.851. The predicted molar refractivity (Wildman–Crippen MR) is 95.8 cm³/mol. The average molecular weight is 382 g/mol. The first-order valence-corrected chi connectivity index (χ1v) is 8.52. The number of benzene rings is 1. The zero-order chi connectivity index (χ0) is 20.1. The Hall–Kier alpha value is -2.81. The molecule has 1 unspecified atom stereocenters. The Morgan fingerprint density at radius 3 is 2.37 bits per heavy atom. The van der Waals surface area contributed by atoms with Crippen molar-refractivity contribution in [1.29, 1.82) is 0 Å². The molecule has 0 aliphatic carbocycles. The number of carbonyl (C=O) groups is 3. The van der Waals surface area contributed by atoms with E-state index < -0.39 is 30.3 Å². The molecule has 9 heteroatoms. The van der Waals surface area contributed by atoms with Crippen LogP contribution in [0.5, 0.6) is 0 Å². The molecule has 1 aromatic carbocycles. The maximum Gasteiger partial charge on any atom is 0.407 e. The summed E-state index contributed by atoms with van der Waals surface area (Å²) in [5.41, 5.74) is 0.812. The minimum atomic E-state index is -1.52. The lowest BCUT2D eigenvalue weighted by Crippen LogP contribution is -2.47. The first kappa shape index (κ1) is 22.2. The zero-order valence-corrected chi connectivity index (χ0v) is 15.5. The summed E-state index contributed by atoms with van der Waals surface area (Å²) >= 11 is 0. The van der Waals surface area contributed by atoms with Crippen LogP contribution in [-0.4, -0.2) is 56.2 Å². The number of aliphatic hydroxyl groups excluding tert-OH is 1. The highest BCUT2D eigenvalue weighted by atomic mass is 16.6. The van der Waals surface area contributed by atoms with Gasteiger partial charge in [0.25, 0.3) is 0 Å². The molecule has 0 radical (unpaired) electrons. The molecule has 27 heavy (non-hydrogen) atoms. The summed E-state index contributed by atoms with van der Waals surface area (Å²) in [6.07, 6.45) is -1.42. The molecular formula is C18H26N2O7. The van der Waals surface area contributed by atoms with E-state index in [1.54, 1.807) is 0 Å². The molecule has 3 N–H and O–H groups in total. The van der Waals surface area contributed by atoms with Crippen molar-refractivity contribution in [2.45, 2.75) is 38.0 Å². The number of unbranched alkanes of at least 4 members (excludes halogenated alkanes) is 1. The second-order valence-corrected chi connectivity index (χ2v) is 5.69. The molecule has 2 atom stereocenters. The lowest BCUT2D eigenvalue weighted by Gasteiger charge is -2.22. The second-order valence-electron chi connectivity index (χ2n) is 5.69. The molecule has 150 valence electrons. The topological polar surface area (TPSA) is 123 Å². The maximum atomic E-state index is 12.0. The van der Waals surface area contributed by atoms with Crippen LogP contribution in [0.3, 0.4) is 0 Å². The molecule has 0 aromatic heterocycles. The highest BCUT2D eigenvalue weighted by Crippen LogP contribution is 2.08. The van der Waals surface area contributed by atoms with Crippen molar-refractivity contribution in [2.24, 2.45) is 0 Å². The van der Waals surface area contributed by atoms with Gasteiger partial charge in [-0.2, -0.15) is 0 Å². The standard InChI is InChI=1S/C18H26N2O7/c1-25-16(22)15(21)14(10-6-7-11-19-17(23)26-2)20-18(24)27-12-13-8-4-3-5-9-13/h3-5,8-9,14-15,21H,6-7,10-12H2,1-2H3,(H,19,23)(H,20,24)/t14-,15?/m0/s1. The summed E-state index contributed by atoms with van der Waals surface area (Å²) in [5, 5.41) is 15.1. The van der Waals surface area contributed by atoms with Gasteiger partial charge in [0, 0.05) is 6.54 Å². The third-order valence-electron chi connectivity index (χ3n) is 3.74. The molecule has 2 amide bonds. The van der Waals surface area contributed by atoms with Crippen molar-refractivity contribution >= 4 is 18.2 Å². The van der Waals surface area contributed by atoms with Gasteiger partial charge in [-0.05, 0) is 24.8 Å². The molecule has 0 heterocycles. The number of ether oxygens (including phenoxy) is 3. The number of aliphatic hydroxyl groups is 1. The molecular weight excluding hydrogens is 356 g/mol. The third kappa shape index (κ3) is 8.91. The van der Waals surface area contributed by atoms with Gasteiger partial charge in [0.05, 0.1) is 20.3 Å². The summed E-state index contributed by atoms with van der Waals surface area (Å²) in [4.78, 5) is 34.6. The number of amides is 2. The molecule has 0 saturated heterocycles. The SMILES string of the molecule is COC(=O)NCCCC[C@H](NC(=O)OCc1ccccc1)C(O)C(=O)OC. The molecule has 0 saturated carbocycles. The highest BCUT2D eigenvalue weighted by Gasteiger charge is 2.28. The number of hydrogen-bond acceptors (Lipinski definition) is 7. The fraction of sp³-hybridized carbons (Fsp3) is 0.500. The van der Waals surface area contributed by atoms with Gasteiger partial charge in [-0.15, -0.1) is 0 Å². The lowest BCUT2D eigenvalue weighted by molar-refractivity contribution is -0.152. The van der Waals surface area contributed by atoms with Crippen LogP contribution in [0.1, 0.15) is 24.8 Å². The van der Waals surface area contributed by atoms with Gasteiger partial charge in [0.1, 0.15) is 6.61 Å². The molecule has 0 bridgehead atoms. The monoisotopic (exact) mass is 382 g/mol. The van der Waals surface area contributed by atoms with Crippen molar-refractivity contribution < 1.29 is 33.7 Å². The first-order valence-electron chi connectivity index (χ1n) is 8.52. The first-order chi connectivity index (χ1) is 13.0. The minimum Gasteiger partial charge on any atom is -0.467 e. The summed E-state index contributed by atoms with van der Waals surface area (Å²) in [6, 6.07) is 8.23. The lowest BCUT2D eigenvalue weighted by atomic mass is 10.0. The van der Waals surface area contributed by atoms with Crippen molar-refractivity contribution in [3.05, 3.63) is 35.9 Å². The van der Waals surface area contributed by atoms with Crippen molar-refractivity contribution in [3.8, 4) is 0 Å². The quantitative estimate of drug-likeness (QED) is 0.317. The Morgan fingerprint density at radius 1 is 1.04 bits per heavy atom. The van der Waals surface area contributed by atoms with E-state index in [0.717, 1.165) is 12.7 Å². The van der Waals surface area contributed by atoms with Crippen LogP contribution in [0.15, 0.2) is 30.3 Å². The Labute approximate surface area is 158 Å². The maximum absolute atomic E-state index is 12.0. The van der Waals surface area contributed by atoms with Gasteiger partial charge >= 0.3 is 18.2 Å². The Morgan fingerprint density at radius 2 is 1.74 bits per heavy atom. The molecule has 0 spiro atoms. The molecule has 1 aromatic rings. The van der Waals surface area contributed by atoms with E-state index in [-0.39, 0.29) is 6.61 Å². The number of rotatable bonds is 10. The van der Waals surface area contributed by atoms with Crippen LogP contribution in [-0.2, 0) is 25.6 Å². The van der Waals surface area contributed by atoms with Crippen molar-refractivity contribution in [3.63, 3.8) is 0 Å². The Bertz CT molecular complexity index is 595. The van der Waals surface area contributed by atoms with Crippen LogP contribution in [0.4, 0.5) is 9.59 Å². The number of esters is 1. The molecule has 0 fully saturated rings. The van der Waals surface area contributed by atoms with E-state index in [1.165, 1.54) is 7.11 Å². The fourth-order valence-corrected chi connectivity index (χ4v) is 2.26. The van der Waals surface area contributed by atoms with Gasteiger partial charge in [0.2, 0.25) is 0 Å². The summed E-state index contributed by atoms with van der Waals surface area (Å²) in [6.45, 7) is 0.433. The average Bonchev–Trinajstić information content (AvgIpc) is 2.70. The zero-order valence-electron chi connectivity index (χ0n) is 15.5. The van der Waals surface area contributed by atoms with Gasteiger partial charge < -0.3 is 30.0 Å². The highest BCUT2D eigenvalue weighted by molar-refractivity contribution is 5.76. The van der Waals surface area contributed by atoms with E-state index in [2.05, 4.69) is 20.1 Å². The second kappa shape index (κ2) is 12.5. The van der Waals surface area contributed by atoms with E-state index in [1.807, 2.05) is 30.3 Å². The van der Waals surface area contributed by atoms with Crippen LogP contribution in [0.2, 0.25) is 0 Å². The largest absolute Gasteiger partial charge is 0.467 e. The van der Waals surface area contributed by atoms with Crippen molar-refractivity contribution in [2.75, 3.05) is 20.8 Å². The number of methoxy groups -OCH3 is 2. The van der Waals surface area contributed by atoms with E-state index >= 15 is 0 Å². The van der Waals surface area contributed by atoms with Crippen LogP contribution >= 0.6 is 0 Å². The minimum absolute atomic E-state index is 0.0662. The van der Waals surface area contributed by atoms with Gasteiger partial charge in [-0.3, -0.25) is 0 Å². The molecule has 0 aliphatic rings. The van der Waals surface area contributed by atoms with Gasteiger partial charge in [-0.1, -0.05) is 30.3 Å². The van der Waals surface area contributed by atoms with Crippen LogP contribution < -0.4 is 10.6 Å². The molecule has 9 nitrogen and oxygen atoms in total. The van der Waals surface area contributed by atoms with Crippen LogP contribution in [0.25, 0.3) is 0 Å². The Balaban J connectivity index is 2.48. The predicted octanol–water partition coefficient (Wildman–Crippen LogP) is 1.34. The van der Waals surface area contributed by atoms with Gasteiger partial charge in [-0.25, -0.2) is 14.4 Å². The summed E-state index contributed by atoms with van der Waals surface area (Å²) in [7, 11) is 2.42. The Kier molecular flexibility index (Phi) is 10.3. The molecule has 0 aliphatic heterocycles. The van der Waals surface area contributed by atoms with E-state index in [0.29, 0.717) is 25.8 Å². The number of alkyl carbamates (subject to hydrolysis) is 2. The molecule has 1 rings (SSSR count). The smallest absolute Gasteiger partial charge is 0.407 e. The third-order valence-corrected chi connectivity index (χ3v) is 3.74. The normalized spacial score (nSPS) is 12.4. The number of hydrogen-bond donors (Lipinski definition) is 3. The van der Waals surface area contributed by atoms with E-state index in [4.69, 9.17) is 4.74 Å². The summed E-state index contributed by atoms with van der Waals surface area (Å²) < 4.78 is 14.1. The van der Waals surface area contributed by atoms with E-state index in [9.17, 15) is 19.5 Å². The van der Waals surface area contributed by atoms with Gasteiger partial charge in [0.15, 0.2) is 6.10 Å². The number of carbonyl (C=O) groups excluding carboxylic acids is 3.